The van der Waals surface area contributed by atoms with E-state index in [1.807, 2.05) is 18.2 Å². The van der Waals surface area contributed by atoms with Crippen molar-refractivity contribution in [2.45, 2.75) is 51.9 Å². The first kappa shape index (κ1) is 22.4. The second kappa shape index (κ2) is 9.79. The molecule has 2 heterocycles. The number of likely N-dealkylation sites (tertiary alicyclic amines) is 1. The number of hydrogen-bond donors (Lipinski definition) is 0. The summed E-state index contributed by atoms with van der Waals surface area (Å²) in [7, 11) is -1.36. The summed E-state index contributed by atoms with van der Waals surface area (Å²) in [6.45, 7) is 9.61. The highest BCUT2D eigenvalue weighted by Crippen LogP contribution is 2.24. The minimum absolute atomic E-state index is 0.297. The Morgan fingerprint density at radius 2 is 1.78 bits per heavy atom. The molecule has 1 amide bonds. The first-order valence-corrected chi connectivity index (χ1v) is 15.3. The fraction of sp³-hybridized carbons (Fsp3) is 0.393. The van der Waals surface area contributed by atoms with Crippen LogP contribution in [-0.4, -0.2) is 36.5 Å². The van der Waals surface area contributed by atoms with Crippen LogP contribution in [0.4, 0.5) is 0 Å². The summed E-state index contributed by atoms with van der Waals surface area (Å²) in [5, 5.41) is 1.26. The van der Waals surface area contributed by atoms with Gasteiger partial charge in [0.1, 0.15) is 8.07 Å². The van der Waals surface area contributed by atoms with Crippen molar-refractivity contribution in [1.29, 1.82) is 0 Å². The first-order valence-electron chi connectivity index (χ1n) is 11.8. The predicted octanol–water partition coefficient (Wildman–Crippen LogP) is 5.74. The van der Waals surface area contributed by atoms with Gasteiger partial charge in [0.05, 0.1) is 0 Å². The van der Waals surface area contributed by atoms with Crippen LogP contribution in [0.1, 0.15) is 30.4 Å². The number of piperidine rings is 1. The van der Waals surface area contributed by atoms with Crippen molar-refractivity contribution < 1.29 is 4.79 Å². The van der Waals surface area contributed by atoms with Gasteiger partial charge < -0.3 is 9.47 Å². The fourth-order valence-electron chi connectivity index (χ4n) is 4.39. The van der Waals surface area contributed by atoms with Gasteiger partial charge in [-0.2, -0.15) is 0 Å². The maximum Gasteiger partial charge on any atom is 0.222 e. The van der Waals surface area contributed by atoms with Gasteiger partial charge in [0.25, 0.3) is 0 Å². The summed E-state index contributed by atoms with van der Waals surface area (Å²) in [6.07, 6.45) is 5.81. The van der Waals surface area contributed by atoms with Crippen LogP contribution >= 0.6 is 0 Å². The van der Waals surface area contributed by atoms with Gasteiger partial charge in [0.2, 0.25) is 5.91 Å². The Kier molecular flexibility index (Phi) is 6.86. The van der Waals surface area contributed by atoms with Gasteiger partial charge in [-0.25, -0.2) is 0 Å². The molecule has 1 aromatic heterocycles. The molecule has 0 spiro atoms. The summed E-state index contributed by atoms with van der Waals surface area (Å²) in [5.74, 6) is 4.29. The standard InChI is InChI=1S/C28H34N2OSi/c1-32(2,3)20-16-24-9-11-27-26(21-24)15-19-30(27)22-25-13-17-29(18-14-25)28(31)12-10-23-7-5-4-6-8-23/h4-9,11,15,19,21,25H,10,12-14,17-18,22H2,1-3H3. The maximum atomic E-state index is 12.6. The van der Waals surface area contributed by atoms with Crippen molar-refractivity contribution >= 4 is 24.9 Å². The third-order valence-electron chi connectivity index (χ3n) is 6.25. The van der Waals surface area contributed by atoms with E-state index in [4.69, 9.17) is 0 Å². The lowest BCUT2D eigenvalue weighted by molar-refractivity contribution is -0.132. The number of benzene rings is 2. The highest BCUT2D eigenvalue weighted by Gasteiger charge is 2.23. The van der Waals surface area contributed by atoms with E-state index in [1.165, 1.54) is 16.5 Å². The quantitative estimate of drug-likeness (QED) is 0.365. The third-order valence-corrected chi connectivity index (χ3v) is 7.12. The van der Waals surface area contributed by atoms with Gasteiger partial charge in [-0.15, -0.1) is 5.54 Å². The SMILES string of the molecule is C[Si](C)(C)C#Cc1ccc2c(ccn2CC2CCN(C(=O)CCc3ccccc3)CC2)c1. The Morgan fingerprint density at radius 3 is 2.50 bits per heavy atom. The van der Waals surface area contributed by atoms with Crippen LogP contribution in [0.3, 0.4) is 0 Å². The number of fused-ring (bicyclic) bond motifs is 1. The molecule has 4 heteroatoms. The number of rotatable bonds is 5. The lowest BCUT2D eigenvalue weighted by atomic mass is 9.96. The van der Waals surface area contributed by atoms with Crippen molar-refractivity contribution in [2.24, 2.45) is 5.92 Å². The van der Waals surface area contributed by atoms with E-state index in [2.05, 4.69) is 83.2 Å². The van der Waals surface area contributed by atoms with Crippen LogP contribution < -0.4 is 0 Å². The molecule has 0 aliphatic carbocycles. The lowest BCUT2D eigenvalue weighted by Crippen LogP contribution is -2.39. The third kappa shape index (κ3) is 5.92. The number of aryl methyl sites for hydroxylation is 1. The molecule has 1 aliphatic heterocycles. The Labute approximate surface area is 193 Å². The van der Waals surface area contributed by atoms with Crippen LogP contribution in [0.2, 0.25) is 19.6 Å². The van der Waals surface area contributed by atoms with Gasteiger partial charge in [0, 0.05) is 48.7 Å². The Hall–Kier alpha value is -2.77. The van der Waals surface area contributed by atoms with E-state index in [-0.39, 0.29) is 0 Å². The van der Waals surface area contributed by atoms with Crippen LogP contribution in [0.5, 0.6) is 0 Å². The van der Waals surface area contributed by atoms with Crippen LogP contribution in [0.15, 0.2) is 60.8 Å². The number of aromatic nitrogens is 1. The van der Waals surface area contributed by atoms with Crippen molar-refractivity contribution in [3.63, 3.8) is 0 Å². The molecule has 0 radical (unpaired) electrons. The van der Waals surface area contributed by atoms with Gasteiger partial charge in [-0.3, -0.25) is 4.79 Å². The van der Waals surface area contributed by atoms with Gasteiger partial charge >= 0.3 is 0 Å². The molecule has 3 aromatic rings. The maximum absolute atomic E-state index is 12.6. The zero-order chi connectivity index (χ0) is 22.6. The average Bonchev–Trinajstić information content (AvgIpc) is 3.19. The van der Waals surface area contributed by atoms with Crippen molar-refractivity contribution in [3.8, 4) is 11.5 Å². The largest absolute Gasteiger partial charge is 0.347 e. The average molecular weight is 443 g/mol. The molecule has 0 N–H and O–H groups in total. The van der Waals surface area contributed by atoms with Crippen LogP contribution in [-0.2, 0) is 17.8 Å². The highest BCUT2D eigenvalue weighted by molar-refractivity contribution is 6.83. The number of nitrogens with zero attached hydrogens (tertiary/aromatic N) is 2. The summed E-state index contributed by atoms with van der Waals surface area (Å²) in [4.78, 5) is 14.7. The van der Waals surface area contributed by atoms with E-state index in [0.29, 0.717) is 18.2 Å². The number of carbonyl (C=O) groups is 1. The topological polar surface area (TPSA) is 25.2 Å². The van der Waals surface area contributed by atoms with E-state index >= 15 is 0 Å². The Bertz CT molecular complexity index is 1120. The lowest BCUT2D eigenvalue weighted by Gasteiger charge is -2.32. The van der Waals surface area contributed by atoms with Gasteiger partial charge in [-0.05, 0) is 55.0 Å². The summed E-state index contributed by atoms with van der Waals surface area (Å²) in [6, 6.07) is 19.1. The van der Waals surface area contributed by atoms with E-state index < -0.39 is 8.07 Å². The van der Waals surface area contributed by atoms with Crippen LogP contribution in [0, 0.1) is 17.4 Å². The molecule has 4 rings (SSSR count). The smallest absolute Gasteiger partial charge is 0.222 e. The molecule has 2 aromatic carbocycles. The second-order valence-electron chi connectivity index (χ2n) is 10.1. The molecule has 0 atom stereocenters. The molecular weight excluding hydrogens is 408 g/mol. The van der Waals surface area contributed by atoms with Gasteiger partial charge in [-0.1, -0.05) is 55.9 Å². The minimum atomic E-state index is -1.36. The van der Waals surface area contributed by atoms with Crippen molar-refractivity contribution in [1.82, 2.24) is 9.47 Å². The molecule has 0 unspecified atom stereocenters. The van der Waals surface area contributed by atoms with Crippen molar-refractivity contribution in [2.75, 3.05) is 13.1 Å². The Morgan fingerprint density at radius 1 is 1.03 bits per heavy atom. The molecule has 3 nitrogen and oxygen atoms in total. The molecule has 32 heavy (non-hydrogen) atoms. The molecular formula is C28H34N2OSi. The van der Waals surface area contributed by atoms with Gasteiger partial charge in [0.15, 0.2) is 0 Å². The van der Waals surface area contributed by atoms with E-state index in [0.717, 1.165) is 44.5 Å². The minimum Gasteiger partial charge on any atom is -0.347 e. The zero-order valence-electron chi connectivity index (χ0n) is 19.6. The summed E-state index contributed by atoms with van der Waals surface area (Å²) in [5.41, 5.74) is 7.09. The number of carbonyl (C=O) groups excluding carboxylic acids is 1. The highest BCUT2D eigenvalue weighted by atomic mass is 28.3. The normalized spacial score (nSPS) is 14.9. The molecule has 0 saturated carbocycles. The molecule has 1 aliphatic rings. The summed E-state index contributed by atoms with van der Waals surface area (Å²) < 4.78 is 2.38. The molecule has 1 saturated heterocycles. The molecule has 166 valence electrons. The summed E-state index contributed by atoms with van der Waals surface area (Å²) >= 11 is 0. The second-order valence-corrected chi connectivity index (χ2v) is 14.8. The Balaban J connectivity index is 1.31. The predicted molar refractivity (Wildman–Crippen MR) is 136 cm³/mol. The molecule has 0 bridgehead atoms. The monoisotopic (exact) mass is 442 g/mol. The van der Waals surface area contributed by atoms with Crippen molar-refractivity contribution in [3.05, 3.63) is 71.9 Å². The molecule has 1 fully saturated rings. The van der Waals surface area contributed by atoms with E-state index in [9.17, 15) is 4.79 Å². The number of hydrogen-bond acceptors (Lipinski definition) is 1. The first-order chi connectivity index (χ1) is 15.4. The fourth-order valence-corrected chi connectivity index (χ4v) is 4.91. The van der Waals surface area contributed by atoms with E-state index in [1.54, 1.807) is 0 Å². The van der Waals surface area contributed by atoms with Crippen LogP contribution in [0.25, 0.3) is 10.9 Å². The zero-order valence-corrected chi connectivity index (χ0v) is 20.6. The number of amides is 1.